The molecular weight excluding hydrogens is 451 g/mol. The summed E-state index contributed by atoms with van der Waals surface area (Å²) in [5.74, 6) is 0.116. The number of nitrogens with one attached hydrogen (secondary N) is 1. The first-order valence-electron chi connectivity index (χ1n) is 11.6. The van der Waals surface area contributed by atoms with Gasteiger partial charge in [-0.3, -0.25) is 0 Å². The molecule has 0 unspecified atom stereocenters. The van der Waals surface area contributed by atoms with E-state index in [4.69, 9.17) is 4.74 Å². The Labute approximate surface area is 201 Å². The Morgan fingerprint density at radius 2 is 1.54 bits per heavy atom. The van der Waals surface area contributed by atoms with Crippen molar-refractivity contribution in [2.45, 2.75) is 19.0 Å². The van der Waals surface area contributed by atoms with Crippen LogP contribution >= 0.6 is 0 Å². The topological polar surface area (TPSA) is 38.3 Å². The molecule has 0 aliphatic carbocycles. The highest BCUT2D eigenvalue weighted by molar-refractivity contribution is 6.04. The van der Waals surface area contributed by atoms with Gasteiger partial charge < -0.3 is 10.1 Å². The first-order valence-corrected chi connectivity index (χ1v) is 11.6. The molecule has 5 rings (SSSR count). The fourth-order valence-electron chi connectivity index (χ4n) is 4.43. The number of halogens is 3. The lowest BCUT2D eigenvalue weighted by Crippen LogP contribution is -2.39. The minimum absolute atomic E-state index is 0.266. The second-order valence-electron chi connectivity index (χ2n) is 8.73. The summed E-state index contributed by atoms with van der Waals surface area (Å²) in [6.07, 6.45) is -4.38. The summed E-state index contributed by atoms with van der Waals surface area (Å²) in [7, 11) is 0. The smallest absolute Gasteiger partial charge is 0.416 e. The van der Waals surface area contributed by atoms with Gasteiger partial charge in [-0.1, -0.05) is 48.5 Å². The van der Waals surface area contributed by atoms with Crippen LogP contribution in [0.4, 0.5) is 13.2 Å². The number of ether oxygens (including phenoxy) is 1. The van der Waals surface area contributed by atoms with Crippen LogP contribution in [-0.4, -0.2) is 25.7 Å². The number of carbonyl (C=O) groups excluding carboxylic acids is 1. The van der Waals surface area contributed by atoms with E-state index in [0.717, 1.165) is 52.7 Å². The molecule has 0 atom stereocenters. The van der Waals surface area contributed by atoms with E-state index >= 15 is 0 Å². The van der Waals surface area contributed by atoms with Gasteiger partial charge in [0.25, 0.3) is 0 Å². The minimum atomic E-state index is -4.38. The lowest BCUT2D eigenvalue weighted by atomic mass is 9.90. The molecule has 0 spiro atoms. The quantitative estimate of drug-likeness (QED) is 0.314. The molecule has 1 saturated heterocycles. The molecule has 0 aromatic heterocycles. The second kappa shape index (κ2) is 9.19. The van der Waals surface area contributed by atoms with E-state index in [1.807, 2.05) is 24.3 Å². The Morgan fingerprint density at radius 1 is 0.886 bits per heavy atom. The van der Waals surface area contributed by atoms with Gasteiger partial charge in [-0.25, -0.2) is 4.79 Å². The van der Waals surface area contributed by atoms with Crippen molar-refractivity contribution in [2.75, 3.05) is 19.7 Å². The van der Waals surface area contributed by atoms with Crippen LogP contribution in [0.2, 0.25) is 0 Å². The average Bonchev–Trinajstić information content (AvgIpc) is 2.82. The predicted octanol–water partition coefficient (Wildman–Crippen LogP) is 7.06. The van der Waals surface area contributed by atoms with Crippen molar-refractivity contribution in [1.29, 1.82) is 0 Å². The van der Waals surface area contributed by atoms with E-state index in [-0.39, 0.29) is 6.61 Å². The zero-order chi connectivity index (χ0) is 24.6. The van der Waals surface area contributed by atoms with E-state index in [0.29, 0.717) is 17.0 Å². The molecule has 178 valence electrons. The number of carbonyl (C=O) groups is 1. The third-order valence-electron chi connectivity index (χ3n) is 6.48. The van der Waals surface area contributed by atoms with Gasteiger partial charge >= 0.3 is 12.1 Å². The highest BCUT2D eigenvalue weighted by Crippen LogP contribution is 2.35. The van der Waals surface area contributed by atoms with Crippen LogP contribution in [0.3, 0.4) is 0 Å². The van der Waals surface area contributed by atoms with Crippen molar-refractivity contribution in [2.24, 2.45) is 0 Å². The van der Waals surface area contributed by atoms with Crippen LogP contribution in [0.5, 0.6) is 0 Å². The zero-order valence-corrected chi connectivity index (χ0v) is 19.2. The minimum Gasteiger partial charge on any atom is -0.462 e. The van der Waals surface area contributed by atoms with Crippen molar-refractivity contribution < 1.29 is 22.7 Å². The Hall–Kier alpha value is -3.64. The van der Waals surface area contributed by atoms with Crippen LogP contribution in [0.15, 0.2) is 78.9 Å². The molecule has 6 heteroatoms. The lowest BCUT2D eigenvalue weighted by molar-refractivity contribution is -0.137. The van der Waals surface area contributed by atoms with Gasteiger partial charge in [0.05, 0.1) is 17.7 Å². The summed E-state index contributed by atoms with van der Waals surface area (Å²) in [5, 5.41) is 5.05. The number of fused-ring (bicyclic) bond motifs is 1. The van der Waals surface area contributed by atoms with Gasteiger partial charge in [0, 0.05) is 19.0 Å². The van der Waals surface area contributed by atoms with Crippen LogP contribution < -0.4 is 5.32 Å². The van der Waals surface area contributed by atoms with E-state index in [2.05, 4.69) is 29.6 Å². The highest BCUT2D eigenvalue weighted by atomic mass is 19.4. The fraction of sp³-hybridized carbons (Fsp3) is 0.207. The molecule has 4 aromatic rings. The second-order valence-corrected chi connectivity index (χ2v) is 8.73. The Morgan fingerprint density at radius 3 is 2.14 bits per heavy atom. The molecule has 0 saturated carbocycles. The number of benzene rings is 4. The van der Waals surface area contributed by atoms with Crippen LogP contribution in [-0.2, 0) is 10.9 Å². The number of hydrogen-bond acceptors (Lipinski definition) is 3. The molecule has 1 N–H and O–H groups in total. The standard InChI is InChI=1S/C29H24F3NO2/c1-2-35-28(34)23-14-22-13-21(18-7-10-25(11-8-18)29(30,31)32)9-12-26(22)27(15-23)20-5-3-19(4-6-20)24-16-33-17-24/h3-15,24,33H,2,16-17H2,1H3. The van der Waals surface area contributed by atoms with Crippen LogP contribution in [0.25, 0.3) is 33.0 Å². The third kappa shape index (κ3) is 4.66. The first-order chi connectivity index (χ1) is 16.8. The van der Waals surface area contributed by atoms with E-state index in [9.17, 15) is 18.0 Å². The molecule has 0 radical (unpaired) electrons. The molecular formula is C29H24F3NO2. The summed E-state index contributed by atoms with van der Waals surface area (Å²) in [6, 6.07) is 22.9. The summed E-state index contributed by atoms with van der Waals surface area (Å²) < 4.78 is 44.1. The molecule has 3 nitrogen and oxygen atoms in total. The van der Waals surface area contributed by atoms with Crippen molar-refractivity contribution in [3.8, 4) is 22.3 Å². The normalized spacial score (nSPS) is 14.1. The molecule has 1 heterocycles. The maximum atomic E-state index is 13.0. The Kier molecular flexibility index (Phi) is 6.07. The molecule has 0 amide bonds. The highest BCUT2D eigenvalue weighted by Gasteiger charge is 2.30. The van der Waals surface area contributed by atoms with Gasteiger partial charge in [0.15, 0.2) is 0 Å². The van der Waals surface area contributed by atoms with Gasteiger partial charge in [0.2, 0.25) is 0 Å². The van der Waals surface area contributed by atoms with E-state index in [1.54, 1.807) is 13.0 Å². The Bertz CT molecular complexity index is 1370. The van der Waals surface area contributed by atoms with Gasteiger partial charge in [-0.2, -0.15) is 13.2 Å². The largest absolute Gasteiger partial charge is 0.462 e. The summed E-state index contributed by atoms with van der Waals surface area (Å²) in [6.45, 7) is 3.99. The van der Waals surface area contributed by atoms with Crippen molar-refractivity contribution in [1.82, 2.24) is 5.32 Å². The van der Waals surface area contributed by atoms with Gasteiger partial charge in [0.1, 0.15) is 0 Å². The zero-order valence-electron chi connectivity index (χ0n) is 19.2. The van der Waals surface area contributed by atoms with Crippen molar-refractivity contribution in [3.05, 3.63) is 95.6 Å². The van der Waals surface area contributed by atoms with Crippen molar-refractivity contribution in [3.63, 3.8) is 0 Å². The number of alkyl halides is 3. The van der Waals surface area contributed by atoms with Gasteiger partial charge in [-0.15, -0.1) is 0 Å². The van der Waals surface area contributed by atoms with E-state index < -0.39 is 17.7 Å². The summed E-state index contributed by atoms with van der Waals surface area (Å²) in [4.78, 5) is 12.6. The molecule has 1 fully saturated rings. The first kappa shape index (κ1) is 23.1. The number of rotatable bonds is 5. The molecule has 0 bridgehead atoms. The maximum absolute atomic E-state index is 13.0. The van der Waals surface area contributed by atoms with E-state index in [1.165, 1.54) is 17.7 Å². The molecule has 1 aliphatic heterocycles. The number of esters is 1. The Balaban J connectivity index is 1.59. The maximum Gasteiger partial charge on any atom is 0.416 e. The molecule has 1 aliphatic rings. The van der Waals surface area contributed by atoms with Crippen molar-refractivity contribution >= 4 is 16.7 Å². The third-order valence-corrected chi connectivity index (χ3v) is 6.48. The molecule has 4 aromatic carbocycles. The lowest BCUT2D eigenvalue weighted by Gasteiger charge is -2.27. The van der Waals surface area contributed by atoms with Crippen LogP contribution in [0, 0.1) is 0 Å². The molecule has 35 heavy (non-hydrogen) atoms. The van der Waals surface area contributed by atoms with Crippen LogP contribution in [0.1, 0.15) is 34.3 Å². The number of hydrogen-bond donors (Lipinski definition) is 1. The summed E-state index contributed by atoms with van der Waals surface area (Å²) in [5.41, 5.74) is 4.36. The predicted molar refractivity (Wildman–Crippen MR) is 131 cm³/mol. The van der Waals surface area contributed by atoms with Gasteiger partial charge in [-0.05, 0) is 75.8 Å². The SMILES string of the molecule is CCOC(=O)c1cc(-c2ccc(C3CNC3)cc2)c2ccc(-c3ccc(C(F)(F)F)cc3)cc2c1. The summed E-state index contributed by atoms with van der Waals surface area (Å²) >= 11 is 0. The fourth-order valence-corrected chi connectivity index (χ4v) is 4.43. The average molecular weight is 476 g/mol. The monoisotopic (exact) mass is 475 g/mol.